The zero-order chi connectivity index (χ0) is 36.0. The van der Waals surface area contributed by atoms with Crippen LogP contribution in [0.5, 0.6) is 0 Å². The second kappa shape index (κ2) is 11.6. The lowest BCUT2D eigenvalue weighted by molar-refractivity contribution is 0.660. The average Bonchev–Trinajstić information content (AvgIpc) is 3.82. The van der Waals surface area contributed by atoms with Gasteiger partial charge in [-0.1, -0.05) is 117 Å². The molecule has 1 aliphatic carbocycles. The molecule has 8 aromatic carbocycles. The Labute approximate surface area is 314 Å². The van der Waals surface area contributed by atoms with Crippen molar-refractivity contribution >= 4 is 60.7 Å². The van der Waals surface area contributed by atoms with Gasteiger partial charge in [0.1, 0.15) is 0 Å². The van der Waals surface area contributed by atoms with Gasteiger partial charge in [0.15, 0.2) is 0 Å². The number of rotatable bonds is 5. The Balaban J connectivity index is 1.07. The molecule has 0 saturated carbocycles. The molecule has 2 aromatic heterocycles. The van der Waals surface area contributed by atoms with E-state index in [1.54, 1.807) is 0 Å². The maximum Gasteiger partial charge on any atom is 0.0541 e. The molecule has 0 N–H and O–H groups in total. The van der Waals surface area contributed by atoms with Gasteiger partial charge in [-0.15, -0.1) is 0 Å². The Bertz CT molecular complexity index is 2800. The first kappa shape index (κ1) is 30.8. The monoisotopic (exact) mass is 691 g/mol. The Hall–Kier alpha value is -6.84. The van der Waals surface area contributed by atoms with E-state index in [0.29, 0.717) is 0 Å². The minimum atomic E-state index is -0.103. The van der Waals surface area contributed by atoms with E-state index in [1.165, 1.54) is 65.9 Å². The molecule has 0 spiro atoms. The van der Waals surface area contributed by atoms with Crippen LogP contribution in [0, 0.1) is 0 Å². The number of fused-ring (bicyclic) bond motifs is 9. The van der Waals surface area contributed by atoms with Crippen LogP contribution in [0.2, 0.25) is 0 Å². The summed E-state index contributed by atoms with van der Waals surface area (Å²) < 4.78 is 4.77. The molecule has 0 aliphatic heterocycles. The summed E-state index contributed by atoms with van der Waals surface area (Å²) >= 11 is 0. The van der Waals surface area contributed by atoms with Gasteiger partial charge in [0.25, 0.3) is 0 Å². The zero-order valence-corrected chi connectivity index (χ0v) is 30.2. The van der Waals surface area contributed by atoms with Crippen LogP contribution < -0.4 is 4.90 Å². The van der Waals surface area contributed by atoms with Crippen molar-refractivity contribution in [3.63, 3.8) is 0 Å². The molecule has 54 heavy (non-hydrogen) atoms. The normalized spacial score (nSPS) is 13.1. The Morgan fingerprint density at radius 1 is 0.352 bits per heavy atom. The highest BCUT2D eigenvalue weighted by Gasteiger charge is 2.35. The van der Waals surface area contributed by atoms with Crippen LogP contribution in [0.1, 0.15) is 25.0 Å². The van der Waals surface area contributed by atoms with Gasteiger partial charge in [-0.05, 0) is 107 Å². The average molecular weight is 692 g/mol. The highest BCUT2D eigenvalue weighted by molar-refractivity contribution is 6.10. The van der Waals surface area contributed by atoms with Crippen LogP contribution in [0.4, 0.5) is 17.1 Å². The second-order valence-corrected chi connectivity index (χ2v) is 15.0. The summed E-state index contributed by atoms with van der Waals surface area (Å²) in [4.78, 5) is 2.41. The van der Waals surface area contributed by atoms with Crippen molar-refractivity contribution in [2.45, 2.75) is 19.3 Å². The van der Waals surface area contributed by atoms with Crippen LogP contribution >= 0.6 is 0 Å². The fourth-order valence-corrected chi connectivity index (χ4v) is 9.18. The molecule has 256 valence electrons. The van der Waals surface area contributed by atoms with Crippen molar-refractivity contribution in [3.8, 4) is 22.5 Å². The maximum atomic E-state index is 2.41. The number of aromatic nitrogens is 2. The highest BCUT2D eigenvalue weighted by Crippen LogP contribution is 2.50. The van der Waals surface area contributed by atoms with Crippen molar-refractivity contribution in [2.75, 3.05) is 4.90 Å². The zero-order valence-electron chi connectivity index (χ0n) is 30.2. The number of anilines is 3. The smallest absolute Gasteiger partial charge is 0.0541 e. The number of benzene rings is 8. The Morgan fingerprint density at radius 3 is 1.19 bits per heavy atom. The molecule has 0 amide bonds. The van der Waals surface area contributed by atoms with Crippen LogP contribution in [0.25, 0.3) is 66.1 Å². The maximum absolute atomic E-state index is 2.41. The van der Waals surface area contributed by atoms with Crippen molar-refractivity contribution in [3.05, 3.63) is 199 Å². The third kappa shape index (κ3) is 4.42. The van der Waals surface area contributed by atoms with E-state index in [0.717, 1.165) is 28.4 Å². The van der Waals surface area contributed by atoms with Crippen molar-refractivity contribution < 1.29 is 0 Å². The molecule has 3 nitrogen and oxygen atoms in total. The van der Waals surface area contributed by atoms with E-state index in [-0.39, 0.29) is 5.41 Å². The van der Waals surface area contributed by atoms with E-state index < -0.39 is 0 Å². The topological polar surface area (TPSA) is 13.1 Å². The van der Waals surface area contributed by atoms with E-state index >= 15 is 0 Å². The SMILES string of the molecule is CC1(C)c2ccccc2-c2ccc(N(c3ccc(-n4c5ccccc5c5ccccc54)cc3)c3ccc(-n4c5ccccc5c5ccccc54)cc3)cc21. The first-order valence-electron chi connectivity index (χ1n) is 18.8. The summed E-state index contributed by atoms with van der Waals surface area (Å²) in [5.74, 6) is 0. The molecule has 1 aliphatic rings. The Morgan fingerprint density at radius 2 is 0.722 bits per heavy atom. The van der Waals surface area contributed by atoms with E-state index in [2.05, 4.69) is 216 Å². The number of para-hydroxylation sites is 4. The van der Waals surface area contributed by atoms with Crippen molar-refractivity contribution in [2.24, 2.45) is 0 Å². The minimum Gasteiger partial charge on any atom is -0.310 e. The van der Waals surface area contributed by atoms with Gasteiger partial charge in [-0.3, -0.25) is 0 Å². The standard InChI is InChI=1S/C51H37N3/c1-51(2)45-18-8-3-13-39(45)40-32-31-38(33-46(40)51)52(34-23-27-36(28-24-34)53-47-19-9-4-14-41(47)42-15-5-10-20-48(42)53)35-25-29-37(30-26-35)54-49-21-11-6-16-43(49)44-17-7-12-22-50(44)54/h3-33H,1-2H3. The quantitative estimate of drug-likeness (QED) is 0.175. The highest BCUT2D eigenvalue weighted by atomic mass is 15.1. The molecular weight excluding hydrogens is 655 g/mol. The molecule has 0 fully saturated rings. The van der Waals surface area contributed by atoms with Gasteiger partial charge in [-0.2, -0.15) is 0 Å². The fourth-order valence-electron chi connectivity index (χ4n) is 9.18. The molecule has 0 radical (unpaired) electrons. The van der Waals surface area contributed by atoms with E-state index in [9.17, 15) is 0 Å². The molecule has 10 aromatic rings. The summed E-state index contributed by atoms with van der Waals surface area (Å²) in [5, 5.41) is 5.07. The third-order valence-corrected chi connectivity index (χ3v) is 11.7. The predicted octanol–water partition coefficient (Wildman–Crippen LogP) is 13.7. The molecule has 0 bridgehead atoms. The Kier molecular flexibility index (Phi) is 6.60. The first-order chi connectivity index (χ1) is 26.6. The summed E-state index contributed by atoms with van der Waals surface area (Å²) in [6.07, 6.45) is 0. The lowest BCUT2D eigenvalue weighted by Gasteiger charge is -2.28. The molecular formula is C51H37N3. The van der Waals surface area contributed by atoms with Crippen molar-refractivity contribution in [1.82, 2.24) is 9.13 Å². The number of hydrogen-bond donors (Lipinski definition) is 0. The van der Waals surface area contributed by atoms with Gasteiger partial charge in [0.05, 0.1) is 22.1 Å². The van der Waals surface area contributed by atoms with Crippen molar-refractivity contribution in [1.29, 1.82) is 0 Å². The first-order valence-corrected chi connectivity index (χ1v) is 18.8. The molecule has 2 heterocycles. The van der Waals surface area contributed by atoms with Gasteiger partial charge < -0.3 is 14.0 Å². The van der Waals surface area contributed by atoms with Crippen LogP contribution in [-0.2, 0) is 5.41 Å². The molecule has 11 rings (SSSR count). The van der Waals surface area contributed by atoms with Crippen LogP contribution in [-0.4, -0.2) is 9.13 Å². The third-order valence-electron chi connectivity index (χ3n) is 11.7. The van der Waals surface area contributed by atoms with Crippen LogP contribution in [0.15, 0.2) is 188 Å². The molecule has 0 atom stereocenters. The van der Waals surface area contributed by atoms with Gasteiger partial charge >= 0.3 is 0 Å². The lowest BCUT2D eigenvalue weighted by Crippen LogP contribution is -2.16. The fraction of sp³-hybridized carbons (Fsp3) is 0.0588. The van der Waals surface area contributed by atoms with Gasteiger partial charge in [0, 0.05) is 55.4 Å². The van der Waals surface area contributed by atoms with E-state index in [4.69, 9.17) is 0 Å². The predicted molar refractivity (Wildman–Crippen MR) is 227 cm³/mol. The van der Waals surface area contributed by atoms with Crippen LogP contribution in [0.3, 0.4) is 0 Å². The van der Waals surface area contributed by atoms with Gasteiger partial charge in [0.2, 0.25) is 0 Å². The number of hydrogen-bond acceptors (Lipinski definition) is 1. The lowest BCUT2D eigenvalue weighted by atomic mass is 9.82. The molecule has 0 saturated heterocycles. The largest absolute Gasteiger partial charge is 0.310 e. The molecule has 0 unspecified atom stereocenters. The van der Waals surface area contributed by atoms with Gasteiger partial charge in [-0.25, -0.2) is 0 Å². The number of nitrogens with zero attached hydrogens (tertiary/aromatic N) is 3. The summed E-state index contributed by atoms with van der Waals surface area (Å²) in [7, 11) is 0. The minimum absolute atomic E-state index is 0.103. The summed E-state index contributed by atoms with van der Waals surface area (Å²) in [5.41, 5.74) is 15.8. The summed E-state index contributed by atoms with van der Waals surface area (Å²) in [6.45, 7) is 4.71. The molecule has 3 heteroatoms. The summed E-state index contributed by atoms with van der Waals surface area (Å²) in [6, 6.07) is 68.8. The second-order valence-electron chi connectivity index (χ2n) is 15.0. The van der Waals surface area contributed by atoms with E-state index in [1.807, 2.05) is 0 Å².